The molecule has 0 spiro atoms. The van der Waals surface area contributed by atoms with E-state index >= 15 is 0 Å². The molecule has 210 valence electrons. The molecule has 3 aromatic rings. The van der Waals surface area contributed by atoms with Gasteiger partial charge in [0.25, 0.3) is 5.91 Å². The van der Waals surface area contributed by atoms with Crippen LogP contribution in [0.5, 0.6) is 0 Å². The van der Waals surface area contributed by atoms with Crippen molar-refractivity contribution >= 4 is 17.5 Å². The van der Waals surface area contributed by atoms with Crippen LogP contribution >= 0.6 is 0 Å². The number of primary amides is 1. The number of benzene rings is 1. The summed E-state index contributed by atoms with van der Waals surface area (Å²) in [4.78, 5) is 26.7. The number of nitrogens with two attached hydrogens (primary N) is 2. The van der Waals surface area contributed by atoms with Gasteiger partial charge in [0.1, 0.15) is 35.2 Å². The Morgan fingerprint density at radius 2 is 1.85 bits per heavy atom. The van der Waals surface area contributed by atoms with E-state index in [9.17, 15) is 22.4 Å². The van der Waals surface area contributed by atoms with Crippen molar-refractivity contribution in [2.24, 2.45) is 5.73 Å². The summed E-state index contributed by atoms with van der Waals surface area (Å²) in [6.07, 6.45) is -0.536. The third-order valence-electron chi connectivity index (χ3n) is 6.65. The summed E-state index contributed by atoms with van der Waals surface area (Å²) >= 11 is 0. The Hall–Kier alpha value is -3.74. The van der Waals surface area contributed by atoms with E-state index in [1.807, 2.05) is 30.2 Å². The van der Waals surface area contributed by atoms with Gasteiger partial charge in [-0.05, 0) is 51.8 Å². The van der Waals surface area contributed by atoms with Crippen molar-refractivity contribution in [3.05, 3.63) is 53.5 Å². The maximum atomic E-state index is 13.9. The van der Waals surface area contributed by atoms with Gasteiger partial charge in [-0.1, -0.05) is 0 Å². The predicted octanol–water partition coefficient (Wildman–Crippen LogP) is 3.95. The second kappa shape index (κ2) is 10.8. The van der Waals surface area contributed by atoms with Gasteiger partial charge in [0.05, 0.1) is 11.3 Å². The Balaban J connectivity index is 1.62. The molecule has 0 radical (unpaired) electrons. The van der Waals surface area contributed by atoms with Crippen LogP contribution in [0.2, 0.25) is 0 Å². The SMILES string of the molecule is CC(C)(C)NCCn1cc(-c2ccc(F)c(C(F)(F)F)c2)nc1C1CCN(c2ncnc(N)c2C(N)=O)CC1. The molecule has 1 saturated heterocycles. The van der Waals surface area contributed by atoms with Crippen LogP contribution in [0.25, 0.3) is 11.3 Å². The molecule has 1 aliphatic heterocycles. The van der Waals surface area contributed by atoms with Crippen molar-refractivity contribution in [2.75, 3.05) is 30.3 Å². The fraction of sp³-hybridized carbons (Fsp3) is 0.462. The molecule has 0 saturated carbocycles. The number of nitrogens with one attached hydrogen (secondary N) is 1. The standard InChI is InChI=1S/C26H32F4N8O/c1-25(2,3)35-8-11-38-13-19(16-4-5-18(27)17(12-16)26(28,29)30)36-23(38)15-6-9-37(10-7-15)24-20(22(32)39)21(31)33-14-34-24/h4-5,12-15,35H,6-11H2,1-3H3,(H2,32,39)(H2,31,33,34). The molecule has 13 heteroatoms. The molecule has 1 fully saturated rings. The maximum absolute atomic E-state index is 13.9. The van der Waals surface area contributed by atoms with Gasteiger partial charge in [0, 0.05) is 49.4 Å². The van der Waals surface area contributed by atoms with Gasteiger partial charge in [-0.25, -0.2) is 19.3 Å². The second-order valence-electron chi connectivity index (χ2n) is 10.6. The molecule has 0 aliphatic carbocycles. The highest BCUT2D eigenvalue weighted by Gasteiger charge is 2.35. The highest BCUT2D eigenvalue weighted by atomic mass is 19.4. The first kappa shape index (κ1) is 28.3. The van der Waals surface area contributed by atoms with Crippen LogP contribution < -0.4 is 21.7 Å². The van der Waals surface area contributed by atoms with E-state index in [0.717, 1.165) is 18.0 Å². The maximum Gasteiger partial charge on any atom is 0.419 e. The van der Waals surface area contributed by atoms with Gasteiger partial charge in [-0.3, -0.25) is 4.79 Å². The van der Waals surface area contributed by atoms with Crippen LogP contribution in [-0.4, -0.2) is 50.6 Å². The van der Waals surface area contributed by atoms with E-state index in [2.05, 4.69) is 15.3 Å². The fourth-order valence-electron chi connectivity index (χ4n) is 4.74. The number of alkyl halides is 3. The Bertz CT molecular complexity index is 1340. The Morgan fingerprint density at radius 1 is 1.15 bits per heavy atom. The van der Waals surface area contributed by atoms with E-state index in [1.54, 1.807) is 6.20 Å². The predicted molar refractivity (Wildman–Crippen MR) is 140 cm³/mol. The average Bonchev–Trinajstić information content (AvgIpc) is 3.26. The third kappa shape index (κ3) is 6.47. The minimum atomic E-state index is -4.82. The molecule has 39 heavy (non-hydrogen) atoms. The summed E-state index contributed by atoms with van der Waals surface area (Å²) < 4.78 is 55.9. The largest absolute Gasteiger partial charge is 0.419 e. The molecule has 1 amide bonds. The third-order valence-corrected chi connectivity index (χ3v) is 6.65. The van der Waals surface area contributed by atoms with Crippen LogP contribution in [0.3, 0.4) is 0 Å². The molecule has 9 nitrogen and oxygen atoms in total. The quantitative estimate of drug-likeness (QED) is 0.382. The molecule has 0 atom stereocenters. The first-order valence-electron chi connectivity index (χ1n) is 12.6. The highest BCUT2D eigenvalue weighted by Crippen LogP contribution is 2.36. The van der Waals surface area contributed by atoms with Crippen LogP contribution in [0.1, 0.15) is 61.3 Å². The van der Waals surface area contributed by atoms with Gasteiger partial charge >= 0.3 is 6.18 Å². The number of aromatic nitrogens is 4. The lowest BCUT2D eigenvalue weighted by Gasteiger charge is -2.33. The molecule has 4 rings (SSSR count). The van der Waals surface area contributed by atoms with Gasteiger partial charge in [0.15, 0.2) is 0 Å². The Kier molecular flexibility index (Phi) is 7.82. The zero-order valence-corrected chi connectivity index (χ0v) is 22.0. The minimum Gasteiger partial charge on any atom is -0.383 e. The summed E-state index contributed by atoms with van der Waals surface area (Å²) in [5, 5.41) is 3.41. The summed E-state index contributed by atoms with van der Waals surface area (Å²) in [7, 11) is 0. The van der Waals surface area contributed by atoms with E-state index in [-0.39, 0.29) is 28.4 Å². The van der Waals surface area contributed by atoms with E-state index in [0.29, 0.717) is 50.5 Å². The summed E-state index contributed by atoms with van der Waals surface area (Å²) in [6, 6.07) is 2.93. The first-order chi connectivity index (χ1) is 18.2. The van der Waals surface area contributed by atoms with Gasteiger partial charge in [-0.2, -0.15) is 13.2 Å². The topological polar surface area (TPSA) is 128 Å². The molecule has 5 N–H and O–H groups in total. The molecular formula is C26H32F4N8O. The van der Waals surface area contributed by atoms with Crippen molar-refractivity contribution in [3.8, 4) is 11.3 Å². The van der Waals surface area contributed by atoms with E-state index in [1.165, 1.54) is 12.4 Å². The minimum absolute atomic E-state index is 0.0108. The number of piperidine rings is 1. The molecule has 2 aromatic heterocycles. The number of hydrogen-bond acceptors (Lipinski definition) is 7. The number of carbonyl (C=O) groups is 1. The molecular weight excluding hydrogens is 516 g/mol. The number of carbonyl (C=O) groups excluding carboxylic acids is 1. The smallest absolute Gasteiger partial charge is 0.383 e. The average molecular weight is 549 g/mol. The number of hydrogen-bond donors (Lipinski definition) is 3. The lowest BCUT2D eigenvalue weighted by molar-refractivity contribution is -0.139. The number of halogens is 4. The molecule has 1 aromatic carbocycles. The number of imidazole rings is 1. The van der Waals surface area contributed by atoms with Crippen molar-refractivity contribution in [1.29, 1.82) is 0 Å². The zero-order valence-electron chi connectivity index (χ0n) is 22.0. The van der Waals surface area contributed by atoms with Crippen molar-refractivity contribution in [3.63, 3.8) is 0 Å². The number of anilines is 2. The van der Waals surface area contributed by atoms with Gasteiger partial charge in [-0.15, -0.1) is 0 Å². The molecule has 0 bridgehead atoms. The monoisotopic (exact) mass is 548 g/mol. The van der Waals surface area contributed by atoms with Crippen molar-refractivity contribution < 1.29 is 22.4 Å². The fourth-order valence-corrected chi connectivity index (χ4v) is 4.74. The van der Waals surface area contributed by atoms with Crippen LogP contribution in [-0.2, 0) is 12.7 Å². The summed E-state index contributed by atoms with van der Waals surface area (Å²) in [6.45, 7) is 8.34. The van der Waals surface area contributed by atoms with E-state index < -0.39 is 23.5 Å². The number of rotatable bonds is 7. The van der Waals surface area contributed by atoms with Crippen LogP contribution in [0, 0.1) is 5.82 Å². The van der Waals surface area contributed by atoms with Gasteiger partial charge < -0.3 is 26.3 Å². The first-order valence-corrected chi connectivity index (χ1v) is 12.6. The normalized spacial score (nSPS) is 15.1. The van der Waals surface area contributed by atoms with E-state index in [4.69, 9.17) is 16.5 Å². The lowest BCUT2D eigenvalue weighted by Crippen LogP contribution is -2.38. The number of amides is 1. The summed E-state index contributed by atoms with van der Waals surface area (Å²) in [5.74, 6) is -0.932. The highest BCUT2D eigenvalue weighted by molar-refractivity contribution is 6.01. The molecule has 1 aliphatic rings. The van der Waals surface area contributed by atoms with Gasteiger partial charge in [0.2, 0.25) is 0 Å². The number of nitrogen functional groups attached to an aromatic ring is 1. The van der Waals surface area contributed by atoms with Crippen LogP contribution in [0.4, 0.5) is 29.2 Å². The number of nitrogens with zero attached hydrogens (tertiary/aromatic N) is 5. The van der Waals surface area contributed by atoms with Crippen molar-refractivity contribution in [2.45, 2.75) is 57.8 Å². The Morgan fingerprint density at radius 3 is 2.46 bits per heavy atom. The van der Waals surface area contributed by atoms with Crippen molar-refractivity contribution in [1.82, 2.24) is 24.8 Å². The lowest BCUT2D eigenvalue weighted by atomic mass is 9.95. The molecule has 3 heterocycles. The van der Waals surface area contributed by atoms with Crippen LogP contribution in [0.15, 0.2) is 30.7 Å². The molecule has 0 unspecified atom stereocenters. The second-order valence-corrected chi connectivity index (χ2v) is 10.6. The Labute approximate surface area is 223 Å². The summed E-state index contributed by atoms with van der Waals surface area (Å²) in [5.41, 5.74) is 10.5. The zero-order chi connectivity index (χ0) is 28.5.